The summed E-state index contributed by atoms with van der Waals surface area (Å²) in [6, 6.07) is 2.00. The van der Waals surface area contributed by atoms with Gasteiger partial charge in [-0.3, -0.25) is 9.31 Å². The van der Waals surface area contributed by atoms with Crippen LogP contribution in [0.3, 0.4) is 0 Å². The van der Waals surface area contributed by atoms with Crippen molar-refractivity contribution >= 4 is 18.6 Å². The van der Waals surface area contributed by atoms with Crippen molar-refractivity contribution in [2.75, 3.05) is 20.3 Å². The minimum atomic E-state index is -1.51. The molecule has 0 spiro atoms. The van der Waals surface area contributed by atoms with Crippen LogP contribution in [0.4, 0.5) is 4.32 Å². The van der Waals surface area contributed by atoms with Crippen LogP contribution in [-0.4, -0.2) is 43.9 Å². The number of hydrogen-bond donors (Lipinski definition) is 0. The summed E-state index contributed by atoms with van der Waals surface area (Å²) in [5.41, 5.74) is 7.00. The highest BCUT2D eigenvalue weighted by atomic mass is 19.1. The van der Waals surface area contributed by atoms with E-state index in [9.17, 15) is 4.32 Å². The second-order valence-corrected chi connectivity index (χ2v) is 6.72. The molecular formula is C19H28BFN2O2. The van der Waals surface area contributed by atoms with Crippen LogP contribution in [-0.2, 0) is 9.39 Å². The van der Waals surface area contributed by atoms with E-state index in [1.165, 1.54) is 0 Å². The Labute approximate surface area is 150 Å². The molecule has 0 unspecified atom stereocenters. The maximum absolute atomic E-state index is 14.9. The molecule has 1 fully saturated rings. The van der Waals surface area contributed by atoms with Gasteiger partial charge in [0.15, 0.2) is 0 Å². The molecule has 2 rings (SSSR count). The summed E-state index contributed by atoms with van der Waals surface area (Å²) < 4.78 is 27.1. The summed E-state index contributed by atoms with van der Waals surface area (Å²) in [4.78, 5) is 4.18. The number of aromatic nitrogens is 1. The molecule has 6 heteroatoms. The van der Waals surface area contributed by atoms with E-state index in [1.54, 1.807) is 11.5 Å². The highest BCUT2D eigenvalue weighted by Crippen LogP contribution is 2.29. The Kier molecular flexibility index (Phi) is 6.41. The van der Waals surface area contributed by atoms with E-state index >= 15 is 0 Å². The maximum atomic E-state index is 14.9. The van der Waals surface area contributed by atoms with Crippen molar-refractivity contribution in [3.8, 4) is 0 Å². The van der Waals surface area contributed by atoms with Gasteiger partial charge in [-0.25, -0.2) is 0 Å². The predicted molar refractivity (Wildman–Crippen MR) is 103 cm³/mol. The summed E-state index contributed by atoms with van der Waals surface area (Å²) in [5, 5.41) is 0. The third-order valence-electron chi connectivity index (χ3n) is 4.82. The second-order valence-electron chi connectivity index (χ2n) is 6.72. The van der Waals surface area contributed by atoms with Crippen molar-refractivity contribution in [2.45, 2.75) is 47.6 Å². The van der Waals surface area contributed by atoms with Gasteiger partial charge in [-0.2, -0.15) is 0 Å². The summed E-state index contributed by atoms with van der Waals surface area (Å²) in [6.07, 6.45) is 1.88. The Balaban J connectivity index is 2.43. The first kappa shape index (κ1) is 19.7. The lowest BCUT2D eigenvalue weighted by Crippen LogP contribution is -2.42. The van der Waals surface area contributed by atoms with Gasteiger partial charge in [0.2, 0.25) is 0 Å². The fraction of sp³-hybridized carbons (Fsp3) is 0.526. The summed E-state index contributed by atoms with van der Waals surface area (Å²) in [6.45, 7) is 12.9. The van der Waals surface area contributed by atoms with Crippen molar-refractivity contribution in [2.24, 2.45) is 4.99 Å². The first-order valence-corrected chi connectivity index (χ1v) is 8.61. The molecule has 0 saturated carbocycles. The van der Waals surface area contributed by atoms with E-state index in [1.807, 2.05) is 39.8 Å². The Bertz CT molecular complexity index is 730. The number of ether oxygens (including phenoxy) is 1. The van der Waals surface area contributed by atoms with Crippen LogP contribution in [0.25, 0.3) is 5.57 Å². The molecular weight excluding hydrogens is 318 g/mol. The fourth-order valence-corrected chi connectivity index (χ4v) is 3.03. The van der Waals surface area contributed by atoms with E-state index in [-0.39, 0.29) is 6.10 Å². The number of hydrogen-bond acceptors (Lipinski definition) is 3. The molecule has 2 heterocycles. The zero-order chi connectivity index (χ0) is 18.7. The van der Waals surface area contributed by atoms with Crippen LogP contribution in [0.15, 0.2) is 28.3 Å². The third-order valence-corrected chi connectivity index (χ3v) is 4.82. The molecule has 1 aromatic heterocycles. The molecule has 25 heavy (non-hydrogen) atoms. The molecule has 0 N–H and O–H groups in total. The minimum absolute atomic E-state index is 0.166. The van der Waals surface area contributed by atoms with E-state index in [4.69, 9.17) is 9.39 Å². The van der Waals surface area contributed by atoms with Crippen molar-refractivity contribution in [1.82, 2.24) is 4.48 Å². The minimum Gasteiger partial charge on any atom is -0.381 e. The number of allylic oxidation sites excluding steroid dienone is 4. The molecule has 1 aromatic rings. The second kappa shape index (κ2) is 8.15. The van der Waals surface area contributed by atoms with E-state index in [0.29, 0.717) is 13.2 Å². The van der Waals surface area contributed by atoms with Gasteiger partial charge in [-0.05, 0) is 76.0 Å². The van der Waals surface area contributed by atoms with Crippen LogP contribution < -0.4 is 0 Å². The fourth-order valence-electron chi connectivity index (χ4n) is 3.03. The van der Waals surface area contributed by atoms with Gasteiger partial charge in [-0.1, -0.05) is 0 Å². The van der Waals surface area contributed by atoms with Crippen molar-refractivity contribution < 1.29 is 13.7 Å². The predicted octanol–water partition coefficient (Wildman–Crippen LogP) is 4.15. The van der Waals surface area contributed by atoms with Crippen molar-refractivity contribution in [3.63, 3.8) is 0 Å². The number of rotatable bonds is 6. The first-order valence-electron chi connectivity index (χ1n) is 8.61. The smallest absolute Gasteiger partial charge is 0.381 e. The van der Waals surface area contributed by atoms with Gasteiger partial charge in [0.25, 0.3) is 0 Å². The zero-order valence-corrected chi connectivity index (χ0v) is 16.3. The SMILES string of the molecule is CN=C(C)/C=C(C)\C(C)=C(/C)c1c(C)cc(C)n1B(F)OC1COC1. The van der Waals surface area contributed by atoms with Gasteiger partial charge < -0.3 is 13.9 Å². The van der Waals surface area contributed by atoms with Gasteiger partial charge in [0.05, 0.1) is 19.3 Å². The number of aryl methyl sites for hydroxylation is 2. The Hall–Kier alpha value is -1.66. The van der Waals surface area contributed by atoms with Crippen LogP contribution in [0.2, 0.25) is 0 Å². The largest absolute Gasteiger partial charge is 0.637 e. The number of nitrogens with zero attached hydrogens (tertiary/aromatic N) is 2. The average molecular weight is 346 g/mol. The maximum Gasteiger partial charge on any atom is 0.637 e. The van der Waals surface area contributed by atoms with Gasteiger partial charge in [0, 0.05) is 24.1 Å². The van der Waals surface area contributed by atoms with Crippen LogP contribution in [0.1, 0.15) is 44.6 Å². The average Bonchev–Trinajstić information content (AvgIpc) is 2.83. The van der Waals surface area contributed by atoms with E-state index < -0.39 is 7.33 Å². The Morgan fingerprint density at radius 3 is 2.48 bits per heavy atom. The number of aliphatic imine (C=N–C) groups is 1. The molecule has 1 aliphatic heterocycles. The monoisotopic (exact) mass is 346 g/mol. The summed E-state index contributed by atoms with van der Waals surface area (Å²) in [7, 11) is 0.266. The molecule has 1 aliphatic rings. The summed E-state index contributed by atoms with van der Waals surface area (Å²) in [5.74, 6) is 0. The van der Waals surface area contributed by atoms with E-state index in [0.717, 1.165) is 39.4 Å². The van der Waals surface area contributed by atoms with Crippen molar-refractivity contribution in [3.05, 3.63) is 40.2 Å². The first-order chi connectivity index (χ1) is 11.8. The van der Waals surface area contributed by atoms with Gasteiger partial charge in [-0.15, -0.1) is 0 Å². The van der Waals surface area contributed by atoms with Crippen LogP contribution in [0, 0.1) is 13.8 Å². The topological polar surface area (TPSA) is 35.8 Å². The standard InChI is InChI=1S/C19H28BFN2O2/c1-12(8-14(3)22-7)16(5)17(6)19-13(2)9-15(4)23(19)20(21)25-18-10-24-11-18/h8-9,18H,10-11H2,1-7H3/b12-8-,17-16+,22-14?. The zero-order valence-electron chi connectivity index (χ0n) is 16.3. The lowest BCUT2D eigenvalue weighted by molar-refractivity contribution is -0.0862. The highest BCUT2D eigenvalue weighted by molar-refractivity contribution is 6.42. The molecule has 4 nitrogen and oxygen atoms in total. The van der Waals surface area contributed by atoms with Crippen LogP contribution in [0.5, 0.6) is 0 Å². The van der Waals surface area contributed by atoms with Crippen LogP contribution >= 0.6 is 0 Å². The highest BCUT2D eigenvalue weighted by Gasteiger charge is 2.32. The molecule has 0 amide bonds. The quantitative estimate of drug-likeness (QED) is 0.441. The lowest BCUT2D eigenvalue weighted by atomic mass is 9.97. The Morgan fingerprint density at radius 2 is 1.96 bits per heavy atom. The molecule has 1 saturated heterocycles. The summed E-state index contributed by atoms with van der Waals surface area (Å²) >= 11 is 0. The van der Waals surface area contributed by atoms with Crippen molar-refractivity contribution in [1.29, 1.82) is 0 Å². The number of halogens is 1. The lowest BCUT2D eigenvalue weighted by Gasteiger charge is -2.28. The van der Waals surface area contributed by atoms with Gasteiger partial charge >= 0.3 is 7.33 Å². The molecule has 0 atom stereocenters. The molecule has 0 aliphatic carbocycles. The third kappa shape index (κ3) is 4.31. The van der Waals surface area contributed by atoms with Gasteiger partial charge in [0.1, 0.15) is 0 Å². The van der Waals surface area contributed by atoms with E-state index in [2.05, 4.69) is 18.8 Å². The Morgan fingerprint density at radius 1 is 1.32 bits per heavy atom. The molecule has 0 aromatic carbocycles. The molecule has 0 bridgehead atoms. The normalized spacial score (nSPS) is 17.4. The molecule has 136 valence electrons. The molecule has 0 radical (unpaired) electrons.